The van der Waals surface area contributed by atoms with Crippen molar-refractivity contribution in [2.45, 2.75) is 26.4 Å². The van der Waals surface area contributed by atoms with Crippen molar-refractivity contribution in [3.05, 3.63) is 35.1 Å². The normalized spacial score (nSPS) is 10.8. The van der Waals surface area contributed by atoms with Crippen LogP contribution in [0.4, 0.5) is 5.69 Å². The Hall–Kier alpha value is -1.88. The second kappa shape index (κ2) is 6.05. The van der Waals surface area contributed by atoms with E-state index in [1.54, 1.807) is 18.3 Å². The van der Waals surface area contributed by atoms with Crippen LogP contribution in [0.1, 0.15) is 25.5 Å². The molecule has 2 aromatic rings. The van der Waals surface area contributed by atoms with E-state index in [1.165, 1.54) is 7.11 Å². The predicted molar refractivity (Wildman–Crippen MR) is 79.6 cm³/mol. The summed E-state index contributed by atoms with van der Waals surface area (Å²) in [5.74, 6) is 0.466. The zero-order valence-corrected chi connectivity index (χ0v) is 12.5. The van der Waals surface area contributed by atoms with E-state index < -0.39 is 0 Å². The summed E-state index contributed by atoms with van der Waals surface area (Å²) in [5, 5.41) is 18.0. The van der Waals surface area contributed by atoms with E-state index in [0.29, 0.717) is 28.9 Å². The molecule has 1 heterocycles. The predicted octanol–water partition coefficient (Wildman–Crippen LogP) is 3.44. The Kier molecular flexibility index (Phi) is 4.39. The van der Waals surface area contributed by atoms with Gasteiger partial charge in [-0.1, -0.05) is 11.6 Å². The molecule has 0 aliphatic rings. The van der Waals surface area contributed by atoms with Gasteiger partial charge in [0.2, 0.25) is 0 Å². The number of rotatable bonds is 5. The van der Waals surface area contributed by atoms with E-state index in [1.807, 2.05) is 10.9 Å². The van der Waals surface area contributed by atoms with Crippen LogP contribution < -0.4 is 10.1 Å². The van der Waals surface area contributed by atoms with Crippen molar-refractivity contribution >= 4 is 17.3 Å². The van der Waals surface area contributed by atoms with Gasteiger partial charge in [0.05, 0.1) is 19.0 Å². The molecule has 0 amide bonds. The molecule has 2 N–H and O–H groups in total. The third-order valence-electron chi connectivity index (χ3n) is 2.95. The summed E-state index contributed by atoms with van der Waals surface area (Å²) >= 11 is 5.99. The molecule has 0 aliphatic carbocycles. The monoisotopic (exact) mass is 295 g/mol. The van der Waals surface area contributed by atoms with Crippen molar-refractivity contribution in [2.75, 3.05) is 12.4 Å². The number of aromatic nitrogens is 2. The van der Waals surface area contributed by atoms with Crippen LogP contribution in [0.5, 0.6) is 11.5 Å². The number of methoxy groups -OCH3 is 1. The fraction of sp³-hybridized carbons (Fsp3) is 0.357. The van der Waals surface area contributed by atoms with Gasteiger partial charge in [0.25, 0.3) is 0 Å². The van der Waals surface area contributed by atoms with Crippen LogP contribution in [0.15, 0.2) is 24.5 Å². The lowest BCUT2D eigenvalue weighted by molar-refractivity contribution is 0.371. The number of phenolic OH excluding ortho intramolecular Hbond substituents is 1. The van der Waals surface area contributed by atoms with Crippen molar-refractivity contribution < 1.29 is 9.84 Å². The molecule has 0 saturated heterocycles. The molecule has 0 unspecified atom stereocenters. The Morgan fingerprint density at radius 2 is 2.20 bits per heavy atom. The zero-order chi connectivity index (χ0) is 14.7. The highest BCUT2D eigenvalue weighted by Crippen LogP contribution is 2.33. The van der Waals surface area contributed by atoms with E-state index in [9.17, 15) is 5.11 Å². The van der Waals surface area contributed by atoms with Gasteiger partial charge in [0.15, 0.2) is 11.5 Å². The summed E-state index contributed by atoms with van der Waals surface area (Å²) in [6, 6.07) is 3.60. The second-order valence-corrected chi connectivity index (χ2v) is 5.21. The fourth-order valence-electron chi connectivity index (χ4n) is 1.83. The Morgan fingerprint density at radius 3 is 2.80 bits per heavy atom. The summed E-state index contributed by atoms with van der Waals surface area (Å²) < 4.78 is 6.94. The second-order valence-electron chi connectivity index (χ2n) is 4.77. The van der Waals surface area contributed by atoms with Gasteiger partial charge >= 0.3 is 0 Å². The molecule has 108 valence electrons. The Labute approximate surface area is 123 Å². The first-order chi connectivity index (χ1) is 9.51. The Balaban J connectivity index is 2.12. The number of nitrogens with zero attached hydrogens (tertiary/aromatic N) is 2. The third-order valence-corrected chi connectivity index (χ3v) is 3.17. The molecule has 5 nitrogen and oxygen atoms in total. The van der Waals surface area contributed by atoms with Crippen LogP contribution in [-0.4, -0.2) is 22.0 Å². The first-order valence-corrected chi connectivity index (χ1v) is 6.72. The van der Waals surface area contributed by atoms with Crippen molar-refractivity contribution in [1.29, 1.82) is 0 Å². The van der Waals surface area contributed by atoms with Crippen LogP contribution in [0.3, 0.4) is 0 Å². The first kappa shape index (κ1) is 14.5. The molecule has 1 aromatic heterocycles. The first-order valence-electron chi connectivity index (χ1n) is 6.34. The summed E-state index contributed by atoms with van der Waals surface area (Å²) in [6.07, 6.45) is 3.67. The molecule has 2 rings (SSSR count). The topological polar surface area (TPSA) is 59.3 Å². The van der Waals surface area contributed by atoms with Gasteiger partial charge in [0.1, 0.15) is 0 Å². The molecule has 0 bridgehead atoms. The van der Waals surface area contributed by atoms with E-state index in [2.05, 4.69) is 24.3 Å². The maximum absolute atomic E-state index is 10.0. The number of hydrogen-bond donors (Lipinski definition) is 2. The van der Waals surface area contributed by atoms with Crippen LogP contribution in [0.2, 0.25) is 5.02 Å². The molecule has 0 spiro atoms. The number of benzene rings is 1. The zero-order valence-electron chi connectivity index (χ0n) is 11.7. The minimum atomic E-state index is 0.0978. The van der Waals surface area contributed by atoms with Gasteiger partial charge in [-0.25, -0.2) is 0 Å². The van der Waals surface area contributed by atoms with E-state index in [-0.39, 0.29) is 5.75 Å². The number of ether oxygens (including phenoxy) is 1. The average molecular weight is 296 g/mol. The SMILES string of the molecule is COc1cc(Cl)cc(CNc2cnn(C(C)C)c2)c1O. The highest BCUT2D eigenvalue weighted by atomic mass is 35.5. The number of hydrogen-bond acceptors (Lipinski definition) is 4. The number of phenols is 1. The lowest BCUT2D eigenvalue weighted by atomic mass is 10.2. The quantitative estimate of drug-likeness (QED) is 0.887. The molecular weight excluding hydrogens is 278 g/mol. The minimum Gasteiger partial charge on any atom is -0.504 e. The molecule has 0 fully saturated rings. The summed E-state index contributed by atoms with van der Waals surface area (Å²) in [4.78, 5) is 0. The van der Waals surface area contributed by atoms with E-state index >= 15 is 0 Å². The maximum atomic E-state index is 10.0. The van der Waals surface area contributed by atoms with Crippen LogP contribution in [-0.2, 0) is 6.54 Å². The van der Waals surface area contributed by atoms with Gasteiger partial charge < -0.3 is 15.2 Å². The van der Waals surface area contributed by atoms with Gasteiger partial charge in [-0.2, -0.15) is 5.10 Å². The van der Waals surface area contributed by atoms with Crippen molar-refractivity contribution in [2.24, 2.45) is 0 Å². The molecule has 0 atom stereocenters. The van der Waals surface area contributed by atoms with Crippen molar-refractivity contribution in [3.8, 4) is 11.5 Å². The van der Waals surface area contributed by atoms with E-state index in [4.69, 9.17) is 16.3 Å². The molecule has 1 aromatic carbocycles. The molecule has 20 heavy (non-hydrogen) atoms. The molecule has 0 radical (unpaired) electrons. The van der Waals surface area contributed by atoms with Gasteiger partial charge in [0, 0.05) is 35.4 Å². The fourth-order valence-corrected chi connectivity index (χ4v) is 2.06. The van der Waals surface area contributed by atoms with E-state index in [0.717, 1.165) is 5.69 Å². The summed E-state index contributed by atoms with van der Waals surface area (Å²) in [7, 11) is 1.50. The van der Waals surface area contributed by atoms with Crippen LogP contribution in [0, 0.1) is 0 Å². The van der Waals surface area contributed by atoms with Crippen LogP contribution >= 0.6 is 11.6 Å². The third kappa shape index (κ3) is 3.17. The smallest absolute Gasteiger partial charge is 0.162 e. The standard InChI is InChI=1S/C14H18ClN3O2/c1-9(2)18-8-12(7-17-18)16-6-10-4-11(15)5-13(20-3)14(10)19/h4-5,7-9,16,19H,6H2,1-3H3. The lowest BCUT2D eigenvalue weighted by Crippen LogP contribution is -2.01. The molecular formula is C14H18ClN3O2. The molecule has 0 aliphatic heterocycles. The van der Waals surface area contributed by atoms with Crippen molar-refractivity contribution in [1.82, 2.24) is 9.78 Å². The number of anilines is 1. The maximum Gasteiger partial charge on any atom is 0.162 e. The Bertz CT molecular complexity index is 596. The highest BCUT2D eigenvalue weighted by molar-refractivity contribution is 6.30. The summed E-state index contributed by atoms with van der Waals surface area (Å²) in [5.41, 5.74) is 1.56. The van der Waals surface area contributed by atoms with Crippen molar-refractivity contribution in [3.63, 3.8) is 0 Å². The number of aromatic hydroxyl groups is 1. The number of halogens is 1. The average Bonchev–Trinajstić information content (AvgIpc) is 2.88. The lowest BCUT2D eigenvalue weighted by Gasteiger charge is -2.10. The van der Waals surface area contributed by atoms with Gasteiger partial charge in [-0.3, -0.25) is 4.68 Å². The molecule has 0 saturated carbocycles. The van der Waals surface area contributed by atoms with Crippen LogP contribution in [0.25, 0.3) is 0 Å². The van der Waals surface area contributed by atoms with Gasteiger partial charge in [-0.05, 0) is 19.9 Å². The largest absolute Gasteiger partial charge is 0.504 e. The highest BCUT2D eigenvalue weighted by Gasteiger charge is 2.10. The van der Waals surface area contributed by atoms with Gasteiger partial charge in [-0.15, -0.1) is 0 Å². The molecule has 6 heteroatoms. The summed E-state index contributed by atoms with van der Waals surface area (Å²) in [6.45, 7) is 4.56. The number of nitrogens with one attached hydrogen (secondary N) is 1. The Morgan fingerprint density at radius 1 is 1.45 bits per heavy atom. The minimum absolute atomic E-state index is 0.0978.